The van der Waals surface area contributed by atoms with Gasteiger partial charge < -0.3 is 9.67 Å². The summed E-state index contributed by atoms with van der Waals surface area (Å²) in [6.07, 6.45) is 3.51. The van der Waals surface area contributed by atoms with Gasteiger partial charge in [-0.05, 0) is 44.2 Å². The van der Waals surface area contributed by atoms with Crippen molar-refractivity contribution in [2.45, 2.75) is 20.4 Å². The van der Waals surface area contributed by atoms with Crippen molar-refractivity contribution in [1.82, 2.24) is 14.5 Å². The van der Waals surface area contributed by atoms with Crippen LogP contribution in [0.4, 0.5) is 0 Å². The zero-order valence-corrected chi connectivity index (χ0v) is 13.0. The number of aromatic carboxylic acids is 1. The number of carboxylic acid groups (broad SMARTS) is 1. The van der Waals surface area contributed by atoms with Crippen LogP contribution in [0.25, 0.3) is 11.3 Å². The lowest BCUT2D eigenvalue weighted by Crippen LogP contribution is -2.07. The van der Waals surface area contributed by atoms with Gasteiger partial charge in [-0.1, -0.05) is 6.07 Å². The molecule has 0 aliphatic carbocycles. The second kappa shape index (κ2) is 6.04. The van der Waals surface area contributed by atoms with E-state index in [1.54, 1.807) is 18.5 Å². The van der Waals surface area contributed by atoms with E-state index >= 15 is 0 Å². The van der Waals surface area contributed by atoms with Gasteiger partial charge in [0.05, 0.1) is 23.5 Å². The largest absolute Gasteiger partial charge is 0.478 e. The fraction of sp³-hybridized carbons (Fsp3) is 0.167. The highest BCUT2D eigenvalue weighted by Crippen LogP contribution is 2.19. The molecule has 0 aliphatic heterocycles. The number of pyridine rings is 2. The molecular weight excluding hydrogens is 290 g/mol. The molecular formula is C18H17N3O2. The summed E-state index contributed by atoms with van der Waals surface area (Å²) in [5, 5.41) is 9.23. The first-order valence-electron chi connectivity index (χ1n) is 7.32. The van der Waals surface area contributed by atoms with Gasteiger partial charge in [-0.3, -0.25) is 9.97 Å². The number of aromatic nitrogens is 3. The molecule has 0 radical (unpaired) electrons. The van der Waals surface area contributed by atoms with Gasteiger partial charge in [0.25, 0.3) is 0 Å². The summed E-state index contributed by atoms with van der Waals surface area (Å²) in [7, 11) is 0. The fourth-order valence-corrected chi connectivity index (χ4v) is 2.67. The van der Waals surface area contributed by atoms with Gasteiger partial charge in [-0.25, -0.2) is 4.79 Å². The van der Waals surface area contributed by atoms with E-state index in [0.29, 0.717) is 12.1 Å². The highest BCUT2D eigenvalue weighted by molar-refractivity contribution is 5.89. The predicted molar refractivity (Wildman–Crippen MR) is 87.4 cm³/mol. The van der Waals surface area contributed by atoms with Crippen LogP contribution in [0.5, 0.6) is 0 Å². The summed E-state index contributed by atoms with van der Waals surface area (Å²) in [6, 6.07) is 11.4. The number of aryl methyl sites for hydroxylation is 1. The zero-order chi connectivity index (χ0) is 16.4. The Hall–Kier alpha value is -2.95. The van der Waals surface area contributed by atoms with E-state index in [2.05, 4.69) is 9.97 Å². The number of carbonyl (C=O) groups is 1. The molecule has 23 heavy (non-hydrogen) atoms. The molecule has 0 spiro atoms. The van der Waals surface area contributed by atoms with E-state index in [0.717, 1.165) is 28.3 Å². The normalized spacial score (nSPS) is 10.7. The van der Waals surface area contributed by atoms with Gasteiger partial charge in [-0.15, -0.1) is 0 Å². The molecule has 0 aliphatic rings. The third-order valence-corrected chi connectivity index (χ3v) is 3.89. The minimum Gasteiger partial charge on any atom is -0.478 e. The summed E-state index contributed by atoms with van der Waals surface area (Å²) in [6.45, 7) is 4.27. The third-order valence-electron chi connectivity index (χ3n) is 3.89. The van der Waals surface area contributed by atoms with Crippen LogP contribution in [0.15, 0.2) is 48.8 Å². The van der Waals surface area contributed by atoms with Crippen molar-refractivity contribution in [1.29, 1.82) is 0 Å². The van der Waals surface area contributed by atoms with Crippen molar-refractivity contribution in [3.63, 3.8) is 0 Å². The quantitative estimate of drug-likeness (QED) is 0.803. The second-order valence-corrected chi connectivity index (χ2v) is 5.43. The third kappa shape index (κ3) is 2.99. The molecule has 0 atom stereocenters. The molecule has 5 nitrogen and oxygen atoms in total. The maximum Gasteiger partial charge on any atom is 0.337 e. The van der Waals surface area contributed by atoms with Crippen molar-refractivity contribution >= 4 is 5.97 Å². The monoisotopic (exact) mass is 307 g/mol. The van der Waals surface area contributed by atoms with Crippen LogP contribution in [0, 0.1) is 13.8 Å². The minimum atomic E-state index is -0.901. The number of hydrogen-bond acceptors (Lipinski definition) is 3. The Morgan fingerprint density at radius 2 is 2.04 bits per heavy atom. The summed E-state index contributed by atoms with van der Waals surface area (Å²) in [4.78, 5) is 20.0. The highest BCUT2D eigenvalue weighted by Gasteiger charge is 2.15. The van der Waals surface area contributed by atoms with E-state index in [1.165, 1.54) is 0 Å². The Bertz CT molecular complexity index is 854. The van der Waals surface area contributed by atoms with E-state index < -0.39 is 5.97 Å². The molecule has 1 N–H and O–H groups in total. The van der Waals surface area contributed by atoms with Crippen LogP contribution >= 0.6 is 0 Å². The van der Waals surface area contributed by atoms with Crippen LogP contribution in [-0.2, 0) is 6.54 Å². The first-order valence-corrected chi connectivity index (χ1v) is 7.32. The SMILES string of the molecule is Cc1cc(C(=O)O)c(C)n1Cc1cccc(-c2cccnc2)n1. The molecule has 0 fully saturated rings. The molecule has 3 aromatic heterocycles. The first-order chi connectivity index (χ1) is 11.1. The Morgan fingerprint density at radius 3 is 2.70 bits per heavy atom. The van der Waals surface area contributed by atoms with Crippen molar-refractivity contribution in [2.75, 3.05) is 0 Å². The number of nitrogens with zero attached hydrogens (tertiary/aromatic N) is 3. The Morgan fingerprint density at radius 1 is 1.22 bits per heavy atom. The standard InChI is InChI=1S/C18H17N3O2/c1-12-9-16(18(22)23)13(2)21(12)11-15-6-3-7-17(20-15)14-5-4-8-19-10-14/h3-10H,11H2,1-2H3,(H,22,23). The lowest BCUT2D eigenvalue weighted by molar-refractivity contribution is 0.0696. The average Bonchev–Trinajstić information content (AvgIpc) is 2.84. The van der Waals surface area contributed by atoms with E-state index in [1.807, 2.05) is 48.7 Å². The van der Waals surface area contributed by atoms with E-state index in [-0.39, 0.29) is 0 Å². The van der Waals surface area contributed by atoms with Gasteiger partial charge in [0, 0.05) is 29.3 Å². The maximum atomic E-state index is 11.2. The van der Waals surface area contributed by atoms with Crippen LogP contribution < -0.4 is 0 Å². The highest BCUT2D eigenvalue weighted by atomic mass is 16.4. The summed E-state index contributed by atoms with van der Waals surface area (Å²) in [5.41, 5.74) is 4.69. The van der Waals surface area contributed by atoms with Crippen LogP contribution in [0.1, 0.15) is 27.4 Å². The van der Waals surface area contributed by atoms with E-state index in [9.17, 15) is 9.90 Å². The number of hydrogen-bond donors (Lipinski definition) is 1. The number of rotatable bonds is 4. The second-order valence-electron chi connectivity index (χ2n) is 5.43. The van der Waals surface area contributed by atoms with Gasteiger partial charge in [-0.2, -0.15) is 0 Å². The lowest BCUT2D eigenvalue weighted by Gasteiger charge is -2.10. The van der Waals surface area contributed by atoms with Gasteiger partial charge in [0.2, 0.25) is 0 Å². The van der Waals surface area contributed by atoms with Crippen molar-refractivity contribution in [3.8, 4) is 11.3 Å². The van der Waals surface area contributed by atoms with Crippen LogP contribution in [-0.4, -0.2) is 25.6 Å². The first kappa shape index (κ1) is 15.0. The lowest BCUT2D eigenvalue weighted by atomic mass is 10.2. The Kier molecular flexibility index (Phi) is 3.93. The summed E-state index contributed by atoms with van der Waals surface area (Å²) >= 11 is 0. The Balaban J connectivity index is 1.94. The summed E-state index contributed by atoms with van der Waals surface area (Å²) < 4.78 is 1.97. The fourth-order valence-electron chi connectivity index (χ4n) is 2.67. The predicted octanol–water partition coefficient (Wildman–Crippen LogP) is 3.31. The molecule has 3 aromatic rings. The van der Waals surface area contributed by atoms with Crippen molar-refractivity contribution in [2.24, 2.45) is 0 Å². The topological polar surface area (TPSA) is 68.0 Å². The van der Waals surface area contributed by atoms with Gasteiger partial charge in [0.15, 0.2) is 0 Å². The molecule has 5 heteroatoms. The maximum absolute atomic E-state index is 11.2. The molecule has 0 saturated heterocycles. The summed E-state index contributed by atoms with van der Waals surface area (Å²) in [5.74, 6) is -0.901. The molecule has 0 aromatic carbocycles. The average molecular weight is 307 g/mol. The van der Waals surface area contributed by atoms with Crippen molar-refractivity contribution < 1.29 is 9.90 Å². The van der Waals surface area contributed by atoms with Gasteiger partial charge >= 0.3 is 5.97 Å². The molecule has 0 unspecified atom stereocenters. The Labute approximate surface area is 134 Å². The molecule has 0 saturated carbocycles. The van der Waals surface area contributed by atoms with Crippen LogP contribution in [0.3, 0.4) is 0 Å². The van der Waals surface area contributed by atoms with Crippen LogP contribution in [0.2, 0.25) is 0 Å². The van der Waals surface area contributed by atoms with E-state index in [4.69, 9.17) is 0 Å². The van der Waals surface area contributed by atoms with Gasteiger partial charge in [0.1, 0.15) is 0 Å². The molecule has 3 heterocycles. The molecule has 3 rings (SSSR count). The minimum absolute atomic E-state index is 0.339. The molecule has 116 valence electrons. The molecule has 0 amide bonds. The number of carboxylic acids is 1. The molecule has 0 bridgehead atoms. The van der Waals surface area contributed by atoms with Crippen molar-refractivity contribution in [3.05, 3.63) is 71.4 Å². The smallest absolute Gasteiger partial charge is 0.337 e. The zero-order valence-electron chi connectivity index (χ0n) is 13.0.